The number of allylic oxidation sites excluding steroid dienone is 8. The van der Waals surface area contributed by atoms with Crippen molar-refractivity contribution in [2.75, 3.05) is 0 Å². The van der Waals surface area contributed by atoms with Gasteiger partial charge in [0.2, 0.25) is 0 Å². The number of unbranched alkanes of at least 4 members (excludes halogenated alkanes) is 20. The summed E-state index contributed by atoms with van der Waals surface area (Å²) >= 11 is -7.88. The Morgan fingerprint density at radius 3 is 0.915 bits per heavy atom. The Morgan fingerprint density at radius 1 is 0.339 bits per heavy atom. The van der Waals surface area contributed by atoms with Gasteiger partial charge in [-0.15, -0.1) is 0 Å². The van der Waals surface area contributed by atoms with E-state index in [-0.39, 0.29) is 11.9 Å². The molecule has 59 heavy (non-hydrogen) atoms. The molecule has 0 radical (unpaired) electrons. The van der Waals surface area contributed by atoms with Crippen LogP contribution < -0.4 is 0 Å². The van der Waals surface area contributed by atoms with Gasteiger partial charge in [-0.25, -0.2) is 0 Å². The molecule has 5 nitrogen and oxygen atoms in total. The van der Waals surface area contributed by atoms with E-state index in [1.165, 1.54) is 77.0 Å². The molecule has 0 heterocycles. The van der Waals surface area contributed by atoms with Crippen molar-refractivity contribution in [1.29, 1.82) is 0 Å². The zero-order chi connectivity index (χ0) is 43.4. The van der Waals surface area contributed by atoms with Gasteiger partial charge in [-0.1, -0.05) is 63.8 Å². The minimum absolute atomic E-state index is 0.0543. The zero-order valence-corrected chi connectivity index (χ0v) is 45.8. The number of carbonyl (C=O) groups is 2. The summed E-state index contributed by atoms with van der Waals surface area (Å²) in [6.07, 6.45) is 53.4. The Kier molecular flexibility index (Phi) is 43.7. The van der Waals surface area contributed by atoms with Crippen LogP contribution in [0.2, 0.25) is 17.7 Å². The van der Waals surface area contributed by atoms with E-state index >= 15 is 0 Å². The van der Waals surface area contributed by atoms with E-state index in [1.807, 2.05) is 0 Å². The van der Waals surface area contributed by atoms with Crippen LogP contribution in [-0.2, 0) is 17.1 Å². The quantitative estimate of drug-likeness (QED) is 0.0346. The van der Waals surface area contributed by atoms with E-state index in [0.29, 0.717) is 12.8 Å². The number of hydrogen-bond acceptors (Lipinski definition) is 5. The molecule has 344 valence electrons. The van der Waals surface area contributed by atoms with Gasteiger partial charge in [-0.05, 0) is 25.7 Å². The molecule has 0 aromatic heterocycles. The van der Waals surface area contributed by atoms with Gasteiger partial charge in [0, 0.05) is 0 Å². The maximum absolute atomic E-state index is 13.7. The monoisotopic (exact) mass is 1040 g/mol. The average Bonchev–Trinajstić information content (AvgIpc) is 3.23. The minimum atomic E-state index is -3.94. The molecule has 0 aliphatic rings. The molecule has 0 saturated heterocycles. The third kappa shape index (κ3) is 36.6. The molecule has 0 atom stereocenters. The average molecular weight is 1040 g/mol. The molecule has 0 spiro atoms. The van der Waals surface area contributed by atoms with E-state index in [0.717, 1.165) is 133 Å². The van der Waals surface area contributed by atoms with Crippen molar-refractivity contribution in [1.82, 2.24) is 0 Å². The van der Waals surface area contributed by atoms with Gasteiger partial charge in [0.15, 0.2) is 0 Å². The van der Waals surface area contributed by atoms with Crippen molar-refractivity contribution in [3.8, 4) is 0 Å². The van der Waals surface area contributed by atoms with Crippen molar-refractivity contribution < 1.29 is 17.1 Å². The Labute approximate surface area is 378 Å². The first-order valence-electron chi connectivity index (χ1n) is 25.6. The first kappa shape index (κ1) is 58.5. The summed E-state index contributed by atoms with van der Waals surface area (Å²) in [6.45, 7) is 13.4. The number of hydrogen-bond donors (Lipinski definition) is 0. The van der Waals surface area contributed by atoms with Gasteiger partial charge >= 0.3 is 291 Å². The van der Waals surface area contributed by atoms with Crippen LogP contribution in [0.1, 0.15) is 247 Å². The second-order valence-electron chi connectivity index (χ2n) is 17.2. The van der Waals surface area contributed by atoms with E-state index in [4.69, 9.17) is 7.56 Å². The Bertz CT molecular complexity index is 969. The molecule has 0 aromatic rings. The second kappa shape index (κ2) is 44.1. The summed E-state index contributed by atoms with van der Waals surface area (Å²) in [5.74, 6) is -0.109. The summed E-state index contributed by atoms with van der Waals surface area (Å²) < 4.78 is 24.6. The second-order valence-corrected chi connectivity index (χ2v) is 39.0. The molecule has 0 aliphatic heterocycles. The van der Waals surface area contributed by atoms with Gasteiger partial charge in [0.05, 0.1) is 0 Å². The van der Waals surface area contributed by atoms with Crippen LogP contribution in [0, 0.1) is 0 Å². The van der Waals surface area contributed by atoms with Crippen LogP contribution in [0.15, 0.2) is 48.6 Å². The van der Waals surface area contributed by atoms with E-state index < -0.39 is 38.4 Å². The normalized spacial score (nSPS) is 12.6. The Balaban J connectivity index is 5.21. The van der Waals surface area contributed by atoms with Crippen LogP contribution in [0.25, 0.3) is 0 Å². The number of rotatable bonds is 44. The van der Waals surface area contributed by atoms with Gasteiger partial charge in [-0.3, -0.25) is 0 Å². The third-order valence-corrected chi connectivity index (χ3v) is 43.8. The van der Waals surface area contributed by atoms with Gasteiger partial charge in [0.1, 0.15) is 0 Å². The van der Waals surface area contributed by atoms with E-state index in [1.54, 1.807) is 0 Å². The maximum atomic E-state index is 13.7. The molecule has 0 fully saturated rings. The molecule has 0 N–H and O–H groups in total. The fourth-order valence-corrected chi connectivity index (χ4v) is 49.0. The molecule has 7 heteroatoms. The minimum Gasteiger partial charge on any atom is -0.0882 e. The van der Waals surface area contributed by atoms with Crippen LogP contribution in [-0.4, -0.2) is 50.3 Å². The van der Waals surface area contributed by atoms with Crippen molar-refractivity contribution in [2.45, 2.75) is 265 Å². The van der Waals surface area contributed by atoms with Crippen molar-refractivity contribution >= 4 is 50.3 Å². The Morgan fingerprint density at radius 2 is 0.610 bits per heavy atom. The Hall–Kier alpha value is -0.543. The standard InChI is InChI=1S/2C18H32O2.4C4H9.O.2Sn/c2*1-2-3-4-5-6-7-8-9-10-11-12-13-14-15-16-17-18(19)20;4*1-3-4-2;;;/h2*6-7,9-10H,2-5,8,11-17H2,1H3,(H,19,20);4*1,3-4H2,2H3;;;/q;;;;;;;2*+1/p-2. The van der Waals surface area contributed by atoms with Crippen LogP contribution in [0.5, 0.6) is 0 Å². The predicted molar refractivity (Wildman–Crippen MR) is 262 cm³/mol. The third-order valence-electron chi connectivity index (χ3n) is 11.3. The fourth-order valence-electron chi connectivity index (χ4n) is 7.50. The molecule has 0 unspecified atom stereocenters. The van der Waals surface area contributed by atoms with Gasteiger partial charge in [-0.2, -0.15) is 0 Å². The summed E-state index contributed by atoms with van der Waals surface area (Å²) in [6, 6.07) is 0. The summed E-state index contributed by atoms with van der Waals surface area (Å²) in [5.41, 5.74) is 0. The molecule has 0 rings (SSSR count). The van der Waals surface area contributed by atoms with Crippen LogP contribution >= 0.6 is 0 Å². The predicted octanol–water partition coefficient (Wildman–Crippen LogP) is 17.8. The molecule has 0 aliphatic carbocycles. The zero-order valence-electron chi connectivity index (χ0n) is 40.1. The molecular formula is C52H98O5Sn2. The fraction of sp³-hybridized carbons (Fsp3) is 0.808. The van der Waals surface area contributed by atoms with Crippen LogP contribution in [0.4, 0.5) is 0 Å². The van der Waals surface area contributed by atoms with E-state index in [2.05, 4.69) is 90.2 Å². The van der Waals surface area contributed by atoms with Gasteiger partial charge in [0.25, 0.3) is 0 Å². The number of carbonyl (C=O) groups excluding carboxylic acids is 2. The summed E-state index contributed by atoms with van der Waals surface area (Å²) in [4.78, 5) is 27.3. The summed E-state index contributed by atoms with van der Waals surface area (Å²) in [5, 5.41) is 0. The van der Waals surface area contributed by atoms with Crippen molar-refractivity contribution in [3.63, 3.8) is 0 Å². The molecule has 0 saturated carbocycles. The van der Waals surface area contributed by atoms with Gasteiger partial charge < -0.3 is 0 Å². The first-order chi connectivity index (χ1) is 28.9. The van der Waals surface area contributed by atoms with Crippen molar-refractivity contribution in [2.24, 2.45) is 0 Å². The summed E-state index contributed by atoms with van der Waals surface area (Å²) in [7, 11) is 0. The first-order valence-corrected chi connectivity index (χ1v) is 38.3. The topological polar surface area (TPSA) is 61.8 Å². The molecule has 0 bridgehead atoms. The van der Waals surface area contributed by atoms with Crippen LogP contribution in [0.3, 0.4) is 0 Å². The molecule has 0 aromatic carbocycles. The molecule has 0 amide bonds. The smallest absolute Gasteiger partial charge is 0.0882 e. The molecular weight excluding hydrogens is 942 g/mol. The SMILES string of the molecule is CCCCCC=CCC=CCCCCCCCC(=O)[O][Sn]([CH2]CCC)([CH2]CCC)[O][Sn]([CH2]CCC)([CH2]CCC)[O]C(=O)CCCCCCCC=CCC=CCCCCC. The van der Waals surface area contributed by atoms with Crippen molar-refractivity contribution in [3.05, 3.63) is 48.6 Å². The van der Waals surface area contributed by atoms with E-state index in [9.17, 15) is 9.59 Å².